The number of hydrogen-bond acceptors (Lipinski definition) is 3. The maximum atomic E-state index is 11.8. The van der Waals surface area contributed by atoms with Crippen LogP contribution in [0.5, 0.6) is 0 Å². The molecular weight excluding hydrogens is 366 g/mol. The van der Waals surface area contributed by atoms with Gasteiger partial charge in [-0.25, -0.2) is 4.79 Å². The van der Waals surface area contributed by atoms with Crippen LogP contribution in [-0.4, -0.2) is 29.6 Å². The highest BCUT2D eigenvalue weighted by molar-refractivity contribution is 5.93. The first-order chi connectivity index (χ1) is 13.8. The van der Waals surface area contributed by atoms with Crippen molar-refractivity contribution < 1.29 is 14.3 Å². The number of aryl methyl sites for hydroxylation is 1. The number of aromatic amines is 1. The molecule has 0 atom stereocenters. The number of rotatable bonds is 2. The molecule has 4 rings (SSSR count). The molecule has 2 amide bonds. The van der Waals surface area contributed by atoms with E-state index in [0.717, 1.165) is 30.6 Å². The molecule has 0 unspecified atom stereocenters. The van der Waals surface area contributed by atoms with Crippen LogP contribution < -0.4 is 10.6 Å². The van der Waals surface area contributed by atoms with E-state index in [0.29, 0.717) is 0 Å². The van der Waals surface area contributed by atoms with Crippen molar-refractivity contribution in [3.05, 3.63) is 54.2 Å². The fraction of sp³-hybridized carbons (Fsp3) is 0.304. The minimum atomic E-state index is -0.713. The van der Waals surface area contributed by atoms with Gasteiger partial charge in [0, 0.05) is 30.9 Å². The van der Waals surface area contributed by atoms with Crippen molar-refractivity contribution >= 4 is 28.6 Å². The molecule has 0 aliphatic carbocycles. The largest absolute Gasteiger partial charge is 0.447 e. The van der Waals surface area contributed by atoms with E-state index in [9.17, 15) is 9.59 Å². The first kappa shape index (κ1) is 20.5. The molecule has 0 radical (unpaired) electrons. The SMILES string of the molecule is CC(=O)N1CCCc2cc(-c3ccc4[nH]ccc4c3)ccc21.CC(C)OC(N)=O. The Kier molecular flexibility index (Phi) is 6.22. The smallest absolute Gasteiger partial charge is 0.404 e. The van der Waals surface area contributed by atoms with Crippen LogP contribution in [0.4, 0.5) is 10.5 Å². The second-order valence-corrected chi connectivity index (χ2v) is 7.38. The van der Waals surface area contributed by atoms with E-state index >= 15 is 0 Å². The Hall–Kier alpha value is -3.28. The predicted octanol–water partition coefficient (Wildman–Crippen LogP) is 4.62. The van der Waals surface area contributed by atoms with Gasteiger partial charge in [0.1, 0.15) is 0 Å². The number of nitrogens with one attached hydrogen (secondary N) is 1. The number of aromatic nitrogens is 1. The topological polar surface area (TPSA) is 88.4 Å². The standard InChI is InChI=1S/C19H18N2O.C4H9NO2/c1-13(22)21-10-2-3-17-12-15(5-7-19(17)21)14-4-6-18-16(11-14)8-9-20-18;1-3(2)7-4(5)6/h4-9,11-12,20H,2-3,10H2,1H3;3H,1-2H3,(H2,5,6). The van der Waals surface area contributed by atoms with Crippen LogP contribution in [0.15, 0.2) is 48.7 Å². The van der Waals surface area contributed by atoms with Crippen molar-refractivity contribution in [3.63, 3.8) is 0 Å². The molecule has 2 aromatic carbocycles. The Balaban J connectivity index is 0.000000298. The van der Waals surface area contributed by atoms with E-state index in [1.54, 1.807) is 20.8 Å². The van der Waals surface area contributed by atoms with Gasteiger partial charge in [0.2, 0.25) is 5.91 Å². The van der Waals surface area contributed by atoms with E-state index in [1.807, 2.05) is 11.1 Å². The summed E-state index contributed by atoms with van der Waals surface area (Å²) in [4.78, 5) is 26.7. The third-order valence-corrected chi connectivity index (χ3v) is 4.82. The lowest BCUT2D eigenvalue weighted by atomic mass is 9.95. The minimum Gasteiger partial charge on any atom is -0.447 e. The van der Waals surface area contributed by atoms with Gasteiger partial charge in [-0.05, 0) is 79.1 Å². The summed E-state index contributed by atoms with van der Waals surface area (Å²) in [6.45, 7) is 5.95. The molecule has 0 fully saturated rings. The Morgan fingerprint density at radius 2 is 1.83 bits per heavy atom. The van der Waals surface area contributed by atoms with Crippen molar-refractivity contribution in [3.8, 4) is 11.1 Å². The Bertz CT molecular complexity index is 1020. The van der Waals surface area contributed by atoms with Gasteiger partial charge < -0.3 is 20.4 Å². The zero-order valence-corrected chi connectivity index (χ0v) is 17.1. The van der Waals surface area contributed by atoms with E-state index in [-0.39, 0.29) is 12.0 Å². The van der Waals surface area contributed by atoms with Crippen LogP contribution in [-0.2, 0) is 16.0 Å². The quantitative estimate of drug-likeness (QED) is 0.665. The Morgan fingerprint density at radius 3 is 2.48 bits per heavy atom. The van der Waals surface area contributed by atoms with Gasteiger partial charge in [0.05, 0.1) is 6.10 Å². The predicted molar refractivity (Wildman–Crippen MR) is 116 cm³/mol. The zero-order valence-electron chi connectivity index (χ0n) is 17.1. The zero-order chi connectivity index (χ0) is 21.0. The molecule has 6 heteroatoms. The number of ether oxygens (including phenoxy) is 1. The summed E-state index contributed by atoms with van der Waals surface area (Å²) in [6, 6.07) is 15.0. The first-order valence-electron chi connectivity index (χ1n) is 9.80. The van der Waals surface area contributed by atoms with Crippen molar-refractivity contribution in [2.45, 2.75) is 39.7 Å². The maximum Gasteiger partial charge on any atom is 0.404 e. The number of carbonyl (C=O) groups is 2. The lowest BCUT2D eigenvalue weighted by Crippen LogP contribution is -2.33. The van der Waals surface area contributed by atoms with E-state index < -0.39 is 6.09 Å². The molecule has 152 valence electrons. The van der Waals surface area contributed by atoms with Gasteiger partial charge in [-0.2, -0.15) is 0 Å². The second-order valence-electron chi connectivity index (χ2n) is 7.38. The van der Waals surface area contributed by atoms with Gasteiger partial charge in [-0.1, -0.05) is 12.1 Å². The maximum absolute atomic E-state index is 11.8. The summed E-state index contributed by atoms with van der Waals surface area (Å²) in [5.41, 5.74) is 10.6. The van der Waals surface area contributed by atoms with Gasteiger partial charge in [0.25, 0.3) is 0 Å². The number of carbonyl (C=O) groups excluding carboxylic acids is 2. The van der Waals surface area contributed by atoms with Gasteiger partial charge >= 0.3 is 6.09 Å². The van der Waals surface area contributed by atoms with Gasteiger partial charge in [-0.15, -0.1) is 0 Å². The van der Waals surface area contributed by atoms with Crippen LogP contribution in [0, 0.1) is 0 Å². The summed E-state index contributed by atoms with van der Waals surface area (Å²) in [6.07, 6.45) is 3.23. The number of H-pyrrole nitrogens is 1. The third kappa shape index (κ3) is 4.96. The molecule has 6 nitrogen and oxygen atoms in total. The number of hydrogen-bond donors (Lipinski definition) is 2. The molecule has 0 bridgehead atoms. The number of primary amides is 1. The number of nitrogens with zero attached hydrogens (tertiary/aromatic N) is 1. The van der Waals surface area contributed by atoms with Crippen LogP contribution in [0.25, 0.3) is 22.0 Å². The van der Waals surface area contributed by atoms with Crippen molar-refractivity contribution in [1.82, 2.24) is 4.98 Å². The van der Waals surface area contributed by atoms with E-state index in [4.69, 9.17) is 0 Å². The molecule has 0 saturated heterocycles. The number of anilines is 1. The highest BCUT2D eigenvalue weighted by Crippen LogP contribution is 2.32. The number of benzene rings is 2. The molecule has 2 heterocycles. The lowest BCUT2D eigenvalue weighted by molar-refractivity contribution is -0.116. The summed E-state index contributed by atoms with van der Waals surface area (Å²) in [7, 11) is 0. The molecule has 3 N–H and O–H groups in total. The van der Waals surface area contributed by atoms with Crippen molar-refractivity contribution in [1.29, 1.82) is 0 Å². The monoisotopic (exact) mass is 393 g/mol. The molecular formula is C23H27N3O3. The fourth-order valence-corrected chi connectivity index (χ4v) is 3.57. The van der Waals surface area contributed by atoms with E-state index in [2.05, 4.69) is 57.9 Å². The van der Waals surface area contributed by atoms with E-state index in [1.165, 1.54) is 22.1 Å². The van der Waals surface area contributed by atoms with Crippen LogP contribution in [0.2, 0.25) is 0 Å². The summed E-state index contributed by atoms with van der Waals surface area (Å²) in [5.74, 6) is 0.127. The normalized spacial score (nSPS) is 12.9. The lowest BCUT2D eigenvalue weighted by Gasteiger charge is -2.29. The molecule has 0 spiro atoms. The molecule has 1 aromatic heterocycles. The molecule has 29 heavy (non-hydrogen) atoms. The minimum absolute atomic E-state index is 0.0995. The van der Waals surface area contributed by atoms with Crippen LogP contribution in [0.3, 0.4) is 0 Å². The molecule has 1 aliphatic rings. The Morgan fingerprint density at radius 1 is 1.10 bits per heavy atom. The summed E-state index contributed by atoms with van der Waals surface area (Å²) >= 11 is 0. The van der Waals surface area contributed by atoms with Crippen molar-refractivity contribution in [2.75, 3.05) is 11.4 Å². The number of amides is 2. The van der Waals surface area contributed by atoms with Gasteiger partial charge in [0.15, 0.2) is 0 Å². The fourth-order valence-electron chi connectivity index (χ4n) is 3.57. The third-order valence-electron chi connectivity index (χ3n) is 4.82. The highest BCUT2D eigenvalue weighted by Gasteiger charge is 2.20. The van der Waals surface area contributed by atoms with Gasteiger partial charge in [-0.3, -0.25) is 4.79 Å². The Labute approximate surface area is 170 Å². The average Bonchev–Trinajstić information content (AvgIpc) is 3.14. The average molecular weight is 393 g/mol. The molecule has 0 saturated carbocycles. The van der Waals surface area contributed by atoms with Crippen LogP contribution >= 0.6 is 0 Å². The molecule has 1 aliphatic heterocycles. The summed E-state index contributed by atoms with van der Waals surface area (Å²) < 4.78 is 4.39. The second kappa shape index (κ2) is 8.82. The number of nitrogens with two attached hydrogens (primary N) is 1. The van der Waals surface area contributed by atoms with Crippen molar-refractivity contribution in [2.24, 2.45) is 5.73 Å². The number of fused-ring (bicyclic) bond motifs is 2. The first-order valence-corrected chi connectivity index (χ1v) is 9.80. The van der Waals surface area contributed by atoms with Crippen LogP contribution in [0.1, 0.15) is 32.8 Å². The summed E-state index contributed by atoms with van der Waals surface area (Å²) in [5, 5.41) is 1.22. The molecule has 3 aromatic rings. The highest BCUT2D eigenvalue weighted by atomic mass is 16.6.